The third-order valence-electron chi connectivity index (χ3n) is 6.45. The topological polar surface area (TPSA) is 113 Å². The molecule has 0 saturated heterocycles. The van der Waals surface area contributed by atoms with Gasteiger partial charge in [0, 0.05) is 17.8 Å². The lowest BCUT2D eigenvalue weighted by molar-refractivity contribution is 0.0528. The van der Waals surface area contributed by atoms with E-state index < -0.39 is 0 Å². The van der Waals surface area contributed by atoms with Gasteiger partial charge >= 0.3 is 5.97 Å². The first kappa shape index (κ1) is 25.2. The molecule has 1 N–H and O–H groups in total. The van der Waals surface area contributed by atoms with E-state index in [0.717, 1.165) is 41.0 Å². The summed E-state index contributed by atoms with van der Waals surface area (Å²) in [5.74, 6) is 0.259. The number of fused-ring (bicyclic) bond motifs is 1. The third-order valence-corrected chi connectivity index (χ3v) is 6.45. The van der Waals surface area contributed by atoms with E-state index in [9.17, 15) is 4.79 Å². The van der Waals surface area contributed by atoms with Crippen molar-refractivity contribution in [1.82, 2.24) is 34.7 Å². The van der Waals surface area contributed by atoms with E-state index in [2.05, 4.69) is 74.4 Å². The van der Waals surface area contributed by atoms with Crippen molar-refractivity contribution < 1.29 is 14.3 Å². The average molecular weight is 514 g/mol. The molecule has 0 bridgehead atoms. The smallest absolute Gasteiger partial charge is 0.340 e. The van der Waals surface area contributed by atoms with Gasteiger partial charge in [-0.2, -0.15) is 4.98 Å². The van der Waals surface area contributed by atoms with Crippen LogP contribution in [0.25, 0.3) is 33.7 Å². The van der Waals surface area contributed by atoms with Gasteiger partial charge in [-0.05, 0) is 66.9 Å². The molecule has 0 aliphatic carbocycles. The zero-order valence-electron chi connectivity index (χ0n) is 22.1. The maximum Gasteiger partial charge on any atom is 0.340 e. The number of benzene rings is 2. The second-order valence-electron chi connectivity index (χ2n) is 8.96. The number of H-pyrrole nitrogens is 1. The van der Waals surface area contributed by atoms with Crippen molar-refractivity contribution in [3.05, 3.63) is 65.4 Å². The maximum absolute atomic E-state index is 12.8. The van der Waals surface area contributed by atoms with Crippen molar-refractivity contribution in [2.75, 3.05) is 13.2 Å². The highest BCUT2D eigenvalue weighted by Gasteiger charge is 2.21. The number of para-hydroxylation sites is 1. The van der Waals surface area contributed by atoms with E-state index in [1.54, 1.807) is 13.0 Å². The summed E-state index contributed by atoms with van der Waals surface area (Å²) in [5, 5.41) is 14.5. The van der Waals surface area contributed by atoms with Gasteiger partial charge in [0.05, 0.1) is 42.0 Å². The van der Waals surface area contributed by atoms with E-state index >= 15 is 0 Å². The van der Waals surface area contributed by atoms with Crippen LogP contribution in [0.5, 0.6) is 6.01 Å². The first-order chi connectivity index (χ1) is 18.5. The summed E-state index contributed by atoms with van der Waals surface area (Å²) in [7, 11) is 0. The number of ether oxygens (including phenoxy) is 2. The summed E-state index contributed by atoms with van der Waals surface area (Å²) in [6, 6.07) is 16.4. The van der Waals surface area contributed by atoms with Gasteiger partial charge < -0.3 is 14.0 Å². The van der Waals surface area contributed by atoms with Crippen LogP contribution in [-0.4, -0.2) is 53.9 Å². The Morgan fingerprint density at radius 3 is 2.55 bits per heavy atom. The molecule has 10 nitrogen and oxygen atoms in total. The molecule has 3 aromatic heterocycles. The van der Waals surface area contributed by atoms with Crippen LogP contribution in [0.1, 0.15) is 48.8 Å². The van der Waals surface area contributed by atoms with Gasteiger partial charge in [-0.15, -0.1) is 5.10 Å². The zero-order chi connectivity index (χ0) is 26.6. The second kappa shape index (κ2) is 10.9. The van der Waals surface area contributed by atoms with E-state index in [-0.39, 0.29) is 5.97 Å². The number of hydrogen-bond donors (Lipinski definition) is 1. The van der Waals surface area contributed by atoms with Crippen LogP contribution in [0.4, 0.5) is 0 Å². The molecule has 0 amide bonds. The van der Waals surface area contributed by atoms with Crippen molar-refractivity contribution in [2.24, 2.45) is 0 Å². The first-order valence-electron chi connectivity index (χ1n) is 12.9. The molecule has 0 atom stereocenters. The monoisotopic (exact) mass is 513 g/mol. The lowest BCUT2D eigenvalue weighted by Gasteiger charge is -2.14. The average Bonchev–Trinajstić information content (AvgIpc) is 3.65. The molecule has 0 aliphatic rings. The number of imidazole rings is 1. The van der Waals surface area contributed by atoms with Crippen molar-refractivity contribution >= 4 is 17.0 Å². The lowest BCUT2D eigenvalue weighted by atomic mass is 10.0. The minimum atomic E-state index is -0.373. The number of aryl methyl sites for hydroxylation is 1. The predicted molar refractivity (Wildman–Crippen MR) is 144 cm³/mol. The Hall–Kier alpha value is -4.47. The highest BCUT2D eigenvalue weighted by Crippen LogP contribution is 2.34. The summed E-state index contributed by atoms with van der Waals surface area (Å²) >= 11 is 0. The second-order valence-corrected chi connectivity index (χ2v) is 8.96. The molecule has 0 unspecified atom stereocenters. The molecular weight excluding hydrogens is 482 g/mol. The molecule has 38 heavy (non-hydrogen) atoms. The van der Waals surface area contributed by atoms with Gasteiger partial charge in [-0.1, -0.05) is 37.3 Å². The van der Waals surface area contributed by atoms with Crippen LogP contribution in [-0.2, 0) is 17.8 Å². The fourth-order valence-corrected chi connectivity index (χ4v) is 4.79. The van der Waals surface area contributed by atoms with E-state index in [1.807, 2.05) is 23.6 Å². The molecule has 2 aromatic carbocycles. The Morgan fingerprint density at radius 1 is 1.05 bits per heavy atom. The standard InChI is InChI=1S/C28H31N7O3/c1-5-15-38-28-29-23-10-8-9-21(27(36)37-7-3)25(23)35(28)17-19-11-13-20(14-12-19)24-22(26-30-32-33-31-26)16-18(4)34(24)6-2/h8-14,16H,5-7,15,17H2,1-4H3,(H,30,31,32,33). The van der Waals surface area contributed by atoms with Gasteiger partial charge in [-0.3, -0.25) is 4.57 Å². The Bertz CT molecular complexity index is 1550. The van der Waals surface area contributed by atoms with Crippen LogP contribution in [0, 0.1) is 6.92 Å². The summed E-state index contributed by atoms with van der Waals surface area (Å²) in [4.78, 5) is 17.4. The SMILES string of the molecule is CCCOc1nc2cccc(C(=O)OCC)c2n1Cc1ccc(-c2c(-c3nnn[nH]3)cc(C)n2CC)cc1. The number of aromatic nitrogens is 7. The van der Waals surface area contributed by atoms with Crippen molar-refractivity contribution in [2.45, 2.75) is 47.2 Å². The largest absolute Gasteiger partial charge is 0.465 e. The molecule has 0 radical (unpaired) electrons. The lowest BCUT2D eigenvalue weighted by Crippen LogP contribution is -2.10. The summed E-state index contributed by atoms with van der Waals surface area (Å²) in [6.45, 7) is 10.2. The number of nitrogens with zero attached hydrogens (tertiary/aromatic N) is 6. The van der Waals surface area contributed by atoms with Crippen LogP contribution < -0.4 is 4.74 Å². The number of aromatic amines is 1. The van der Waals surface area contributed by atoms with Crippen molar-refractivity contribution in [3.63, 3.8) is 0 Å². The fourth-order valence-electron chi connectivity index (χ4n) is 4.79. The fraction of sp³-hybridized carbons (Fsp3) is 0.321. The van der Waals surface area contributed by atoms with Gasteiger partial charge in [0.25, 0.3) is 6.01 Å². The molecule has 5 aromatic rings. The van der Waals surface area contributed by atoms with Gasteiger partial charge in [0.15, 0.2) is 5.82 Å². The Balaban J connectivity index is 1.55. The van der Waals surface area contributed by atoms with E-state index in [0.29, 0.717) is 48.2 Å². The molecule has 196 valence electrons. The van der Waals surface area contributed by atoms with E-state index in [4.69, 9.17) is 9.47 Å². The number of tetrazole rings is 1. The van der Waals surface area contributed by atoms with Gasteiger partial charge in [-0.25, -0.2) is 9.89 Å². The summed E-state index contributed by atoms with van der Waals surface area (Å²) in [5.41, 5.74) is 7.12. The van der Waals surface area contributed by atoms with Crippen LogP contribution >= 0.6 is 0 Å². The molecular formula is C28H31N7O3. The number of carbonyl (C=O) groups excluding carboxylic acids is 1. The summed E-state index contributed by atoms with van der Waals surface area (Å²) < 4.78 is 15.5. The van der Waals surface area contributed by atoms with Crippen molar-refractivity contribution in [3.8, 4) is 28.7 Å². The zero-order valence-corrected chi connectivity index (χ0v) is 22.1. The van der Waals surface area contributed by atoms with E-state index in [1.165, 1.54) is 0 Å². The number of rotatable bonds is 10. The number of carbonyl (C=O) groups is 1. The number of hydrogen-bond acceptors (Lipinski definition) is 7. The minimum absolute atomic E-state index is 0.301. The molecule has 3 heterocycles. The molecule has 0 spiro atoms. The van der Waals surface area contributed by atoms with Crippen LogP contribution in [0.15, 0.2) is 48.5 Å². The normalized spacial score (nSPS) is 11.3. The third kappa shape index (κ3) is 4.65. The van der Waals surface area contributed by atoms with Gasteiger partial charge in [0.2, 0.25) is 0 Å². The maximum atomic E-state index is 12.8. The quantitative estimate of drug-likeness (QED) is 0.261. The highest BCUT2D eigenvalue weighted by molar-refractivity contribution is 6.02. The predicted octanol–water partition coefficient (Wildman–Crippen LogP) is 5.03. The number of esters is 1. The molecule has 0 aliphatic heterocycles. The number of nitrogens with one attached hydrogen (secondary N) is 1. The van der Waals surface area contributed by atoms with Crippen molar-refractivity contribution in [1.29, 1.82) is 0 Å². The molecule has 5 rings (SSSR count). The summed E-state index contributed by atoms with van der Waals surface area (Å²) in [6.07, 6.45) is 0.849. The molecule has 0 fully saturated rings. The Morgan fingerprint density at radius 2 is 1.87 bits per heavy atom. The van der Waals surface area contributed by atoms with Gasteiger partial charge in [0.1, 0.15) is 0 Å². The highest BCUT2D eigenvalue weighted by atomic mass is 16.5. The Labute approximate surface area is 220 Å². The van der Waals surface area contributed by atoms with Crippen LogP contribution in [0.3, 0.4) is 0 Å². The first-order valence-corrected chi connectivity index (χ1v) is 12.9. The minimum Gasteiger partial charge on any atom is -0.465 e. The molecule has 10 heteroatoms. The molecule has 0 saturated carbocycles. The Kier molecular flexibility index (Phi) is 7.21. The van der Waals surface area contributed by atoms with Crippen LogP contribution in [0.2, 0.25) is 0 Å².